The molecular formula is C34H30ClN3O6. The van der Waals surface area contributed by atoms with E-state index in [1.54, 1.807) is 30.7 Å². The number of carbonyl (C=O) groups is 1. The molecule has 0 bridgehead atoms. The van der Waals surface area contributed by atoms with Crippen LogP contribution in [0.15, 0.2) is 83.7 Å². The molecule has 0 fully saturated rings. The quantitative estimate of drug-likeness (QED) is 0.146. The fourth-order valence-corrected chi connectivity index (χ4v) is 4.92. The molecule has 0 spiro atoms. The Bertz CT molecular complexity index is 1860. The maximum atomic E-state index is 11.7. The van der Waals surface area contributed by atoms with Crippen LogP contribution >= 0.6 is 11.6 Å². The average molecular weight is 612 g/mol. The van der Waals surface area contributed by atoms with Crippen LogP contribution < -0.4 is 14.8 Å². The number of ether oxygens (including phenoxy) is 2. The third kappa shape index (κ3) is 6.68. The molecule has 2 heterocycles. The fraction of sp³-hybridized carbons (Fsp3) is 0.206. The highest BCUT2D eigenvalue weighted by Gasteiger charge is 2.32. The Kier molecular flexibility index (Phi) is 9.16. The van der Waals surface area contributed by atoms with Crippen LogP contribution in [0.4, 0.5) is 0 Å². The molecule has 1 unspecified atom stereocenters. The van der Waals surface area contributed by atoms with Crippen molar-refractivity contribution in [2.75, 3.05) is 6.61 Å². The molecule has 0 radical (unpaired) electrons. The number of nitrogens with one attached hydrogen (secondary N) is 1. The van der Waals surface area contributed by atoms with Gasteiger partial charge in [0.05, 0.1) is 23.5 Å². The smallest absolute Gasteiger partial charge is 0.326 e. The molecular weight excluding hydrogens is 582 g/mol. The highest BCUT2D eigenvalue weighted by atomic mass is 35.5. The first-order valence-electron chi connectivity index (χ1n) is 13.8. The molecule has 0 aliphatic rings. The lowest BCUT2D eigenvalue weighted by molar-refractivity contribution is -0.145. The number of aliphatic hydroxyl groups excluding tert-OH is 1. The summed E-state index contributed by atoms with van der Waals surface area (Å²) in [6.07, 6.45) is 4.73. The molecule has 10 heteroatoms. The molecule has 3 aromatic carbocycles. The van der Waals surface area contributed by atoms with Crippen molar-refractivity contribution in [1.82, 2.24) is 10.3 Å². The predicted octanol–water partition coefficient (Wildman–Crippen LogP) is 6.41. The number of rotatable bonds is 12. The van der Waals surface area contributed by atoms with Crippen molar-refractivity contribution in [2.24, 2.45) is 0 Å². The summed E-state index contributed by atoms with van der Waals surface area (Å²) in [6.45, 7) is 3.18. The first kappa shape index (κ1) is 30.6. The molecule has 5 rings (SSSR count). The van der Waals surface area contributed by atoms with Gasteiger partial charge in [-0.05, 0) is 66.4 Å². The van der Waals surface area contributed by atoms with E-state index in [9.17, 15) is 20.3 Å². The SMILES string of the molecule is Cc1c(COc2cc(OCc3cncc(C#N)c3)c(CNC(C)(CO)C(=O)O)cc2Cl)cccc1-c1ccc2occc2c1. The molecule has 2 aromatic heterocycles. The molecule has 44 heavy (non-hydrogen) atoms. The van der Waals surface area contributed by atoms with E-state index in [1.807, 2.05) is 37.3 Å². The summed E-state index contributed by atoms with van der Waals surface area (Å²) in [4.78, 5) is 15.8. The number of fused-ring (bicyclic) bond motifs is 1. The van der Waals surface area contributed by atoms with Crippen molar-refractivity contribution >= 4 is 28.5 Å². The molecule has 0 aliphatic heterocycles. The van der Waals surface area contributed by atoms with Gasteiger partial charge in [0.15, 0.2) is 0 Å². The van der Waals surface area contributed by atoms with E-state index in [-0.39, 0.29) is 19.8 Å². The van der Waals surface area contributed by atoms with Crippen molar-refractivity contribution in [1.29, 1.82) is 5.26 Å². The van der Waals surface area contributed by atoms with Crippen LogP contribution in [0.2, 0.25) is 5.02 Å². The number of hydrogen-bond acceptors (Lipinski definition) is 8. The van der Waals surface area contributed by atoms with Crippen molar-refractivity contribution in [3.05, 3.63) is 112 Å². The Morgan fingerprint density at radius 3 is 2.66 bits per heavy atom. The summed E-state index contributed by atoms with van der Waals surface area (Å²) in [5.74, 6) is -0.430. The van der Waals surface area contributed by atoms with Gasteiger partial charge in [0.25, 0.3) is 0 Å². The van der Waals surface area contributed by atoms with Crippen LogP contribution in [-0.2, 0) is 24.6 Å². The maximum Gasteiger partial charge on any atom is 0.326 e. The third-order valence-corrected chi connectivity index (χ3v) is 7.78. The van der Waals surface area contributed by atoms with Gasteiger partial charge >= 0.3 is 5.97 Å². The Labute approximate surface area is 259 Å². The molecule has 5 aromatic rings. The van der Waals surface area contributed by atoms with E-state index in [2.05, 4.69) is 28.5 Å². The number of halogens is 1. The summed E-state index contributed by atoms with van der Waals surface area (Å²) in [5.41, 5.74) is 5.05. The molecule has 0 aliphatic carbocycles. The second kappa shape index (κ2) is 13.2. The zero-order valence-corrected chi connectivity index (χ0v) is 24.9. The van der Waals surface area contributed by atoms with Gasteiger partial charge in [-0.1, -0.05) is 35.9 Å². The number of carboxylic acids is 1. The predicted molar refractivity (Wildman–Crippen MR) is 165 cm³/mol. The van der Waals surface area contributed by atoms with E-state index in [1.165, 1.54) is 13.1 Å². The highest BCUT2D eigenvalue weighted by molar-refractivity contribution is 6.32. The van der Waals surface area contributed by atoms with Gasteiger partial charge < -0.3 is 24.1 Å². The van der Waals surface area contributed by atoms with Gasteiger partial charge in [-0.2, -0.15) is 5.26 Å². The van der Waals surface area contributed by atoms with Crippen molar-refractivity contribution in [3.8, 4) is 28.7 Å². The number of carboxylic acid groups (broad SMARTS) is 1. The Balaban J connectivity index is 1.40. The van der Waals surface area contributed by atoms with Crippen LogP contribution in [-0.4, -0.2) is 33.3 Å². The van der Waals surface area contributed by atoms with Gasteiger partial charge in [0.1, 0.15) is 41.9 Å². The van der Waals surface area contributed by atoms with E-state index in [0.717, 1.165) is 33.2 Å². The van der Waals surface area contributed by atoms with E-state index >= 15 is 0 Å². The number of nitrogens with zero attached hydrogens (tertiary/aromatic N) is 2. The second-order valence-electron chi connectivity index (χ2n) is 10.6. The lowest BCUT2D eigenvalue weighted by atomic mass is 9.96. The molecule has 1 atom stereocenters. The molecule has 9 nitrogen and oxygen atoms in total. The first-order valence-corrected chi connectivity index (χ1v) is 14.2. The fourth-order valence-electron chi connectivity index (χ4n) is 4.68. The number of aliphatic hydroxyl groups is 1. The van der Waals surface area contributed by atoms with Crippen molar-refractivity contribution in [3.63, 3.8) is 0 Å². The van der Waals surface area contributed by atoms with Crippen LogP contribution in [0.1, 0.15) is 34.7 Å². The number of hydrogen-bond donors (Lipinski definition) is 3. The zero-order chi connectivity index (χ0) is 31.3. The van der Waals surface area contributed by atoms with Crippen LogP contribution in [0.5, 0.6) is 11.5 Å². The summed E-state index contributed by atoms with van der Waals surface area (Å²) in [5, 5.41) is 32.7. The lowest BCUT2D eigenvalue weighted by Gasteiger charge is -2.25. The van der Waals surface area contributed by atoms with Crippen molar-refractivity contribution in [2.45, 2.75) is 39.1 Å². The largest absolute Gasteiger partial charge is 0.488 e. The summed E-state index contributed by atoms with van der Waals surface area (Å²) < 4.78 is 17.8. The van der Waals surface area contributed by atoms with E-state index in [0.29, 0.717) is 33.2 Å². The number of pyridine rings is 1. The Morgan fingerprint density at radius 2 is 1.89 bits per heavy atom. The van der Waals surface area contributed by atoms with Gasteiger partial charge in [-0.15, -0.1) is 0 Å². The monoisotopic (exact) mass is 611 g/mol. The number of aliphatic carboxylic acids is 1. The lowest BCUT2D eigenvalue weighted by Crippen LogP contribution is -2.52. The van der Waals surface area contributed by atoms with Crippen LogP contribution in [0.25, 0.3) is 22.1 Å². The van der Waals surface area contributed by atoms with Crippen LogP contribution in [0, 0.1) is 18.3 Å². The van der Waals surface area contributed by atoms with Gasteiger partial charge in [-0.25, -0.2) is 0 Å². The molecule has 0 saturated heterocycles. The third-order valence-electron chi connectivity index (χ3n) is 7.48. The highest BCUT2D eigenvalue weighted by Crippen LogP contribution is 2.35. The van der Waals surface area contributed by atoms with Crippen LogP contribution in [0.3, 0.4) is 0 Å². The Hall–Kier alpha value is -4.88. The Morgan fingerprint density at radius 1 is 1.07 bits per heavy atom. The molecule has 3 N–H and O–H groups in total. The number of furan rings is 1. The number of benzene rings is 3. The van der Waals surface area contributed by atoms with Gasteiger partial charge in [-0.3, -0.25) is 15.1 Å². The molecule has 0 amide bonds. The second-order valence-corrected chi connectivity index (χ2v) is 11.0. The van der Waals surface area contributed by atoms with E-state index < -0.39 is 18.1 Å². The maximum absolute atomic E-state index is 11.7. The number of nitriles is 1. The summed E-state index contributed by atoms with van der Waals surface area (Å²) in [7, 11) is 0. The molecule has 224 valence electrons. The van der Waals surface area contributed by atoms with Crippen molar-refractivity contribution < 1.29 is 28.9 Å². The standard InChI is InChI=1S/C34H30ClN3O6/c1-21-26(4-3-5-28(21)24-6-7-30-25(11-24)8-9-42-30)19-44-32-13-31(43-18-23-10-22(14-36)15-37-16-23)27(12-29(32)35)17-38-34(2,20-39)33(40)41/h3-13,15-16,38-39H,17-20H2,1-2H3,(H,40,41). The average Bonchev–Trinajstić information content (AvgIpc) is 3.51. The molecule has 0 saturated carbocycles. The minimum Gasteiger partial charge on any atom is -0.488 e. The van der Waals surface area contributed by atoms with Gasteiger partial charge in [0.2, 0.25) is 0 Å². The summed E-state index contributed by atoms with van der Waals surface area (Å²) in [6, 6.07) is 21.1. The first-order chi connectivity index (χ1) is 21.2. The normalized spacial score (nSPS) is 12.4. The van der Waals surface area contributed by atoms with E-state index in [4.69, 9.17) is 25.5 Å². The minimum atomic E-state index is -1.57. The zero-order valence-electron chi connectivity index (χ0n) is 24.1. The summed E-state index contributed by atoms with van der Waals surface area (Å²) >= 11 is 6.65. The topological polar surface area (TPSA) is 138 Å². The van der Waals surface area contributed by atoms with Gasteiger partial charge in [0, 0.05) is 41.5 Å². The number of aromatic nitrogens is 1. The minimum absolute atomic E-state index is 0.0390.